The number of amides is 1. The van der Waals surface area contributed by atoms with Crippen LogP contribution in [0.5, 0.6) is 0 Å². The molecule has 1 heterocycles. The monoisotopic (exact) mass is 308 g/mol. The lowest BCUT2D eigenvalue weighted by molar-refractivity contribution is -0.384. The van der Waals surface area contributed by atoms with Crippen LogP contribution in [0.1, 0.15) is 16.1 Å². The molecule has 1 aromatic heterocycles. The van der Waals surface area contributed by atoms with Gasteiger partial charge in [0, 0.05) is 44.0 Å². The van der Waals surface area contributed by atoms with Gasteiger partial charge >= 0.3 is 0 Å². The van der Waals surface area contributed by atoms with Crippen LogP contribution in [0.15, 0.2) is 30.5 Å². The molecule has 0 saturated carbocycles. The van der Waals surface area contributed by atoms with Crippen LogP contribution in [0.4, 0.5) is 5.69 Å². The number of carbonyl (C=O) groups is 1. The number of nitrogens with one attached hydrogen (secondary N) is 1. The molecule has 0 spiro atoms. The van der Waals surface area contributed by atoms with Crippen molar-refractivity contribution >= 4 is 23.2 Å². The molecule has 7 nitrogen and oxygen atoms in total. The van der Waals surface area contributed by atoms with E-state index in [0.29, 0.717) is 13.0 Å². The van der Waals surface area contributed by atoms with Gasteiger partial charge in [0.1, 0.15) is 0 Å². The van der Waals surface area contributed by atoms with E-state index in [-0.39, 0.29) is 16.3 Å². The first-order valence-electron chi connectivity index (χ1n) is 6.18. The summed E-state index contributed by atoms with van der Waals surface area (Å²) in [6.07, 6.45) is 2.28. The summed E-state index contributed by atoms with van der Waals surface area (Å²) in [5.41, 5.74) is 0.896. The lowest BCUT2D eigenvalue weighted by Crippen LogP contribution is -2.26. The van der Waals surface area contributed by atoms with Gasteiger partial charge in [0.05, 0.1) is 15.5 Å². The summed E-state index contributed by atoms with van der Waals surface area (Å²) < 4.78 is 1.71. The number of non-ortho nitro benzene ring substituents is 1. The van der Waals surface area contributed by atoms with Crippen molar-refractivity contribution in [2.24, 2.45) is 7.05 Å². The number of benzene rings is 1. The highest BCUT2D eigenvalue weighted by atomic mass is 35.5. The van der Waals surface area contributed by atoms with E-state index >= 15 is 0 Å². The topological polar surface area (TPSA) is 90.1 Å². The van der Waals surface area contributed by atoms with E-state index in [1.807, 2.05) is 13.1 Å². The molecule has 110 valence electrons. The second kappa shape index (κ2) is 6.36. The third kappa shape index (κ3) is 3.57. The van der Waals surface area contributed by atoms with E-state index in [1.165, 1.54) is 18.2 Å². The van der Waals surface area contributed by atoms with Crippen molar-refractivity contribution in [2.75, 3.05) is 6.54 Å². The highest BCUT2D eigenvalue weighted by Crippen LogP contribution is 2.21. The SMILES string of the molecule is Cn1nccc1CCNC(=O)c1cc([N+](=O)[O-])ccc1Cl. The summed E-state index contributed by atoms with van der Waals surface area (Å²) in [5.74, 6) is -0.439. The fourth-order valence-corrected chi connectivity index (χ4v) is 2.05. The van der Waals surface area contributed by atoms with E-state index in [1.54, 1.807) is 10.9 Å². The smallest absolute Gasteiger partial charge is 0.270 e. The standard InChI is InChI=1S/C13H13ClN4O3/c1-17-9(5-7-16-17)4-6-15-13(19)11-8-10(18(20)21)2-3-12(11)14/h2-3,5,7-8H,4,6H2,1H3,(H,15,19). The van der Waals surface area contributed by atoms with Gasteiger partial charge in [0.25, 0.3) is 11.6 Å². The normalized spacial score (nSPS) is 10.4. The van der Waals surface area contributed by atoms with Gasteiger partial charge in [-0.2, -0.15) is 5.10 Å². The Labute approximate surface area is 125 Å². The summed E-state index contributed by atoms with van der Waals surface area (Å²) in [7, 11) is 1.81. The highest BCUT2D eigenvalue weighted by Gasteiger charge is 2.15. The van der Waals surface area contributed by atoms with E-state index in [0.717, 1.165) is 5.69 Å². The Kier molecular flexibility index (Phi) is 4.54. The zero-order chi connectivity index (χ0) is 15.4. The second-order valence-electron chi connectivity index (χ2n) is 4.37. The molecule has 0 bridgehead atoms. The molecule has 0 aliphatic carbocycles. The number of halogens is 1. The summed E-state index contributed by atoms with van der Waals surface area (Å²) >= 11 is 5.90. The van der Waals surface area contributed by atoms with Crippen LogP contribution in [-0.4, -0.2) is 27.2 Å². The predicted molar refractivity (Wildman–Crippen MR) is 77.4 cm³/mol. The molecule has 0 aliphatic rings. The fourth-order valence-electron chi connectivity index (χ4n) is 1.85. The quantitative estimate of drug-likeness (QED) is 0.675. The Balaban J connectivity index is 2.01. The zero-order valence-corrected chi connectivity index (χ0v) is 12.0. The maximum atomic E-state index is 12.0. The number of aryl methyl sites for hydroxylation is 1. The van der Waals surface area contributed by atoms with Crippen LogP contribution in [0, 0.1) is 10.1 Å². The fraction of sp³-hybridized carbons (Fsp3) is 0.231. The molecule has 1 aromatic carbocycles. The minimum Gasteiger partial charge on any atom is -0.352 e. The first kappa shape index (κ1) is 15.0. The van der Waals surface area contributed by atoms with Gasteiger partial charge in [-0.1, -0.05) is 11.6 Å². The molecule has 0 unspecified atom stereocenters. The molecule has 2 aromatic rings. The van der Waals surface area contributed by atoms with Gasteiger partial charge in [-0.05, 0) is 12.1 Å². The summed E-state index contributed by atoms with van der Waals surface area (Å²) in [5, 5.41) is 17.6. The molecular formula is C13H13ClN4O3. The van der Waals surface area contributed by atoms with Gasteiger partial charge in [0.2, 0.25) is 0 Å². The molecule has 2 rings (SSSR count). The molecule has 0 saturated heterocycles. The number of nitro groups is 1. The average Bonchev–Trinajstić information content (AvgIpc) is 2.84. The van der Waals surface area contributed by atoms with Crippen molar-refractivity contribution in [3.05, 3.63) is 56.9 Å². The van der Waals surface area contributed by atoms with Gasteiger partial charge in [-0.3, -0.25) is 19.6 Å². The minimum atomic E-state index is -0.567. The zero-order valence-electron chi connectivity index (χ0n) is 11.2. The Morgan fingerprint density at radius 2 is 2.24 bits per heavy atom. The number of rotatable bonds is 5. The lowest BCUT2D eigenvalue weighted by Gasteiger charge is -2.07. The molecule has 21 heavy (non-hydrogen) atoms. The average molecular weight is 309 g/mol. The Hall–Kier alpha value is -2.41. The van der Waals surface area contributed by atoms with Crippen LogP contribution in [0.3, 0.4) is 0 Å². The van der Waals surface area contributed by atoms with Crippen molar-refractivity contribution in [1.82, 2.24) is 15.1 Å². The number of hydrogen-bond donors (Lipinski definition) is 1. The van der Waals surface area contributed by atoms with Crippen LogP contribution in [0.25, 0.3) is 0 Å². The summed E-state index contributed by atoms with van der Waals surface area (Å²) in [6.45, 7) is 0.386. The van der Waals surface area contributed by atoms with Crippen LogP contribution >= 0.6 is 11.6 Å². The van der Waals surface area contributed by atoms with Crippen molar-refractivity contribution in [2.45, 2.75) is 6.42 Å². The Morgan fingerprint density at radius 3 is 2.86 bits per heavy atom. The molecule has 0 radical (unpaired) electrons. The van der Waals surface area contributed by atoms with E-state index < -0.39 is 10.8 Å². The molecule has 0 aliphatic heterocycles. The highest BCUT2D eigenvalue weighted by molar-refractivity contribution is 6.33. The minimum absolute atomic E-state index is 0.0934. The van der Waals surface area contributed by atoms with Crippen LogP contribution in [0.2, 0.25) is 5.02 Å². The van der Waals surface area contributed by atoms with Gasteiger partial charge in [-0.15, -0.1) is 0 Å². The maximum absolute atomic E-state index is 12.0. The van der Waals surface area contributed by atoms with Crippen molar-refractivity contribution in [1.29, 1.82) is 0 Å². The summed E-state index contributed by atoms with van der Waals surface area (Å²) in [4.78, 5) is 22.2. The third-order valence-electron chi connectivity index (χ3n) is 2.99. The Morgan fingerprint density at radius 1 is 1.48 bits per heavy atom. The largest absolute Gasteiger partial charge is 0.352 e. The number of aromatic nitrogens is 2. The lowest BCUT2D eigenvalue weighted by atomic mass is 10.2. The first-order chi connectivity index (χ1) is 9.99. The van der Waals surface area contributed by atoms with E-state index in [2.05, 4.69) is 10.4 Å². The van der Waals surface area contributed by atoms with Gasteiger partial charge < -0.3 is 5.32 Å². The second-order valence-corrected chi connectivity index (χ2v) is 4.78. The molecule has 0 atom stereocenters. The first-order valence-corrected chi connectivity index (χ1v) is 6.56. The molecule has 1 N–H and O–H groups in total. The van der Waals surface area contributed by atoms with Gasteiger partial charge in [-0.25, -0.2) is 0 Å². The maximum Gasteiger partial charge on any atom is 0.270 e. The van der Waals surface area contributed by atoms with Crippen LogP contribution < -0.4 is 5.32 Å². The molecule has 0 fully saturated rings. The van der Waals surface area contributed by atoms with E-state index in [4.69, 9.17) is 11.6 Å². The predicted octanol–water partition coefficient (Wildman–Crippen LogP) is 1.95. The Bertz CT molecular complexity index is 684. The van der Waals surface area contributed by atoms with Crippen molar-refractivity contribution < 1.29 is 9.72 Å². The van der Waals surface area contributed by atoms with Crippen molar-refractivity contribution in [3.63, 3.8) is 0 Å². The van der Waals surface area contributed by atoms with Crippen molar-refractivity contribution in [3.8, 4) is 0 Å². The number of nitrogens with zero attached hydrogens (tertiary/aromatic N) is 3. The number of nitro benzene ring substituents is 1. The number of carbonyl (C=O) groups excluding carboxylic acids is 1. The van der Waals surface area contributed by atoms with Gasteiger partial charge in [0.15, 0.2) is 0 Å². The number of hydrogen-bond acceptors (Lipinski definition) is 4. The molecular weight excluding hydrogens is 296 g/mol. The summed E-state index contributed by atoms with van der Waals surface area (Å²) in [6, 6.07) is 5.62. The van der Waals surface area contributed by atoms with E-state index in [9.17, 15) is 14.9 Å². The third-order valence-corrected chi connectivity index (χ3v) is 3.32. The molecule has 8 heteroatoms. The molecule has 1 amide bonds. The van der Waals surface area contributed by atoms with Crippen LogP contribution in [-0.2, 0) is 13.5 Å².